The number of hydrogen-bond acceptors (Lipinski definition) is 2. The fraction of sp³-hybridized carbons (Fsp3) is 0.0270. The Morgan fingerprint density at radius 1 is 0.321 bits per heavy atom. The molecule has 0 saturated heterocycles. The summed E-state index contributed by atoms with van der Waals surface area (Å²) < 4.78 is 10.1. The maximum Gasteiger partial charge on any atom is 0.256 e. The zero-order valence-corrected chi connectivity index (χ0v) is 42.4. The van der Waals surface area contributed by atoms with Gasteiger partial charge in [-0.3, -0.25) is 0 Å². The molecule has 0 N–H and O–H groups in total. The summed E-state index contributed by atoms with van der Waals surface area (Å²) in [6, 6.07) is 97.7. The fourth-order valence-corrected chi connectivity index (χ4v) is 14.7. The van der Waals surface area contributed by atoms with Gasteiger partial charge in [0.15, 0.2) is 0 Å². The van der Waals surface area contributed by atoms with E-state index in [2.05, 4.69) is 270 Å². The maximum atomic E-state index is 7.63. The third-order valence-corrected chi connectivity index (χ3v) is 17.9. The number of ether oxygens (including phenoxy) is 1. The van der Waals surface area contributed by atoms with Gasteiger partial charge >= 0.3 is 0 Å². The molecule has 360 valence electrons. The summed E-state index contributed by atoms with van der Waals surface area (Å²) in [5.41, 5.74) is 28.5. The Kier molecular flexibility index (Phi) is 8.59. The molecule has 0 amide bonds. The van der Waals surface area contributed by atoms with E-state index < -0.39 is 0 Å². The summed E-state index contributed by atoms with van der Waals surface area (Å²) in [4.78, 5) is 2.59. The minimum Gasteiger partial charge on any atom is -0.458 e. The third-order valence-electron chi connectivity index (χ3n) is 17.9. The zero-order valence-electron chi connectivity index (χ0n) is 42.4. The average molecular weight is 989 g/mol. The van der Waals surface area contributed by atoms with E-state index in [0.29, 0.717) is 0 Å². The normalized spacial score (nSPS) is 15.2. The Morgan fingerprint density at radius 2 is 0.897 bits per heavy atom. The molecule has 4 heterocycles. The first-order valence-electron chi connectivity index (χ1n) is 27.3. The molecule has 0 saturated carbocycles. The molecule has 0 radical (unpaired) electrons. The van der Waals surface area contributed by atoms with Crippen molar-refractivity contribution in [2.24, 2.45) is 0 Å². The first-order valence-corrected chi connectivity index (χ1v) is 27.3. The van der Waals surface area contributed by atoms with Crippen LogP contribution in [0.4, 0.5) is 17.1 Å². The second-order valence-corrected chi connectivity index (χ2v) is 21.8. The number of nitrogens with zero attached hydrogens (tertiary/aromatic N) is 2. The van der Waals surface area contributed by atoms with Gasteiger partial charge in [0.25, 0.3) is 6.71 Å². The summed E-state index contributed by atoms with van der Waals surface area (Å²) in [5.74, 6) is 1.97. The molecular weight excluding hydrogens is 944 g/mol. The second kappa shape index (κ2) is 15.8. The van der Waals surface area contributed by atoms with E-state index in [9.17, 15) is 0 Å². The molecular formula is C74H45BN2O. The van der Waals surface area contributed by atoms with Crippen molar-refractivity contribution in [2.45, 2.75) is 11.8 Å². The Bertz CT molecular complexity index is 4850. The number of benzene rings is 12. The summed E-state index contributed by atoms with van der Waals surface area (Å²) in [6.45, 7) is -0.138. The van der Waals surface area contributed by atoms with Gasteiger partial charge in [0.05, 0.1) is 22.2 Å². The van der Waals surface area contributed by atoms with E-state index in [4.69, 9.17) is 4.74 Å². The summed E-state index contributed by atoms with van der Waals surface area (Å²) in [6.07, 6.45) is 0. The van der Waals surface area contributed by atoms with Crippen molar-refractivity contribution in [3.05, 3.63) is 294 Å². The lowest BCUT2D eigenvalue weighted by molar-refractivity contribution is 0.487. The van der Waals surface area contributed by atoms with Gasteiger partial charge in [0.1, 0.15) is 11.5 Å². The number of fused-ring (bicyclic) bond motifs is 16. The predicted octanol–water partition coefficient (Wildman–Crippen LogP) is 16.9. The van der Waals surface area contributed by atoms with Crippen molar-refractivity contribution < 1.29 is 4.74 Å². The number of hydrogen-bond donors (Lipinski definition) is 0. The molecule has 4 aliphatic rings. The summed E-state index contributed by atoms with van der Waals surface area (Å²) in [7, 11) is 0. The van der Waals surface area contributed by atoms with E-state index in [1.54, 1.807) is 0 Å². The largest absolute Gasteiger partial charge is 0.458 e. The first kappa shape index (κ1) is 42.3. The molecule has 0 bridgehead atoms. The van der Waals surface area contributed by atoms with Gasteiger partial charge in [-0.15, -0.1) is 0 Å². The molecule has 18 rings (SSSR count). The van der Waals surface area contributed by atoms with Crippen LogP contribution in [-0.2, 0) is 0 Å². The highest BCUT2D eigenvalue weighted by Crippen LogP contribution is 2.55. The standard InChI is InChI=1S/C74H45BN2O/c1-4-19-44(20-5-1)49-25-14-16-33-64(49)76-67-42-60-57(50-26-10-12-29-53(50)71(60)45-21-6-2-7-22-45)40-62(67)75-63-41-58-51-27-11-13-30-54(51)72(46-23-8-3-9-24-46)61(58)43-69(63)78-70-39-48(38-68(76)73(70)75)47-35-36-66-59(37-47)56-32-18-31-55-52-28-15-17-34-65(52)77(66)74(55)56/h1-43,71-72H. The predicted molar refractivity (Wildman–Crippen MR) is 323 cm³/mol. The Hall–Kier alpha value is -9.90. The van der Waals surface area contributed by atoms with Crippen LogP contribution in [0.5, 0.6) is 11.5 Å². The van der Waals surface area contributed by atoms with Crippen LogP contribution in [-0.4, -0.2) is 11.1 Å². The topological polar surface area (TPSA) is 16.9 Å². The van der Waals surface area contributed by atoms with Gasteiger partial charge in [-0.25, -0.2) is 0 Å². The first-order chi connectivity index (χ1) is 38.7. The lowest BCUT2D eigenvalue weighted by Gasteiger charge is -2.41. The molecule has 78 heavy (non-hydrogen) atoms. The van der Waals surface area contributed by atoms with Gasteiger partial charge in [-0.2, -0.15) is 0 Å². The lowest BCUT2D eigenvalue weighted by atomic mass is 9.33. The quantitative estimate of drug-likeness (QED) is 0.160. The highest BCUT2D eigenvalue weighted by molar-refractivity contribution is 6.99. The van der Waals surface area contributed by atoms with Gasteiger partial charge in [-0.1, -0.05) is 212 Å². The minimum absolute atomic E-state index is 0.0713. The summed E-state index contributed by atoms with van der Waals surface area (Å²) >= 11 is 0. The average Bonchev–Trinajstić information content (AvgIpc) is 4.32. The molecule has 14 aromatic rings. The van der Waals surface area contributed by atoms with Crippen LogP contribution >= 0.6 is 0 Å². The Labute approximate surface area is 451 Å². The van der Waals surface area contributed by atoms with Crippen LogP contribution < -0.4 is 26.0 Å². The molecule has 4 heteroatoms. The van der Waals surface area contributed by atoms with Crippen molar-refractivity contribution in [2.75, 3.05) is 4.90 Å². The molecule has 0 spiro atoms. The molecule has 2 unspecified atom stereocenters. The van der Waals surface area contributed by atoms with E-state index >= 15 is 0 Å². The monoisotopic (exact) mass is 988 g/mol. The van der Waals surface area contributed by atoms with Gasteiger partial charge in [0, 0.05) is 50.3 Å². The Morgan fingerprint density at radius 3 is 1.63 bits per heavy atom. The van der Waals surface area contributed by atoms with E-state index in [-0.39, 0.29) is 18.5 Å². The van der Waals surface area contributed by atoms with Crippen LogP contribution in [0.3, 0.4) is 0 Å². The van der Waals surface area contributed by atoms with Gasteiger partial charge < -0.3 is 14.0 Å². The number of aromatic nitrogens is 1. The molecule has 0 fully saturated rings. The van der Waals surface area contributed by atoms with Crippen LogP contribution in [0.15, 0.2) is 261 Å². The van der Waals surface area contributed by atoms with Crippen LogP contribution in [0.1, 0.15) is 45.2 Å². The second-order valence-electron chi connectivity index (χ2n) is 21.8. The van der Waals surface area contributed by atoms with Crippen LogP contribution in [0, 0.1) is 0 Å². The molecule has 3 nitrogen and oxygen atoms in total. The van der Waals surface area contributed by atoms with Crippen molar-refractivity contribution in [1.29, 1.82) is 0 Å². The lowest BCUT2D eigenvalue weighted by Crippen LogP contribution is -2.59. The van der Waals surface area contributed by atoms with Crippen molar-refractivity contribution in [1.82, 2.24) is 4.40 Å². The van der Waals surface area contributed by atoms with Crippen LogP contribution in [0.25, 0.3) is 82.6 Å². The van der Waals surface area contributed by atoms with Crippen molar-refractivity contribution >= 4 is 78.3 Å². The minimum atomic E-state index is -0.138. The third kappa shape index (κ3) is 5.73. The van der Waals surface area contributed by atoms with E-state index in [1.807, 2.05) is 0 Å². The number of rotatable bonds is 5. The SMILES string of the molecule is c1ccc(-c2ccccc2N2c3cc4c(cc3B3c5cc6c(cc5Oc5cc(-c7ccc8c(c7)c7cccc9c%10ccccc%10n8c97)cc2c53)C(c2ccccc2)c2ccccc2-6)-c2ccccc2C4c2ccccc2)cc1. The molecule has 2 atom stereocenters. The zero-order chi connectivity index (χ0) is 50.7. The van der Waals surface area contributed by atoms with E-state index in [0.717, 1.165) is 34.0 Å². The van der Waals surface area contributed by atoms with E-state index in [1.165, 1.54) is 127 Å². The van der Waals surface area contributed by atoms with Crippen LogP contribution in [0.2, 0.25) is 0 Å². The molecule has 2 aromatic heterocycles. The maximum absolute atomic E-state index is 7.63. The van der Waals surface area contributed by atoms with Crippen molar-refractivity contribution in [3.63, 3.8) is 0 Å². The smallest absolute Gasteiger partial charge is 0.256 e. The Balaban J connectivity index is 0.939. The van der Waals surface area contributed by atoms with Crippen molar-refractivity contribution in [3.8, 4) is 56.0 Å². The molecule has 12 aromatic carbocycles. The fourth-order valence-electron chi connectivity index (χ4n) is 14.7. The molecule has 2 aliphatic heterocycles. The van der Waals surface area contributed by atoms with Gasteiger partial charge in [0.2, 0.25) is 0 Å². The highest BCUT2D eigenvalue weighted by Gasteiger charge is 2.46. The number of para-hydroxylation sites is 3. The van der Waals surface area contributed by atoms with Gasteiger partial charge in [-0.05, 0) is 137 Å². The summed E-state index contributed by atoms with van der Waals surface area (Å²) in [5, 5.41) is 5.09. The molecule has 2 aliphatic carbocycles. The highest BCUT2D eigenvalue weighted by atomic mass is 16.5. The number of anilines is 3.